The summed E-state index contributed by atoms with van der Waals surface area (Å²) in [6, 6.07) is -0.0117. The summed E-state index contributed by atoms with van der Waals surface area (Å²) in [7, 11) is -3.24. The van der Waals surface area contributed by atoms with E-state index in [1.54, 1.807) is 6.92 Å². The monoisotopic (exact) mass is 276 g/mol. The van der Waals surface area contributed by atoms with E-state index >= 15 is 0 Å². The average Bonchev–Trinajstić information content (AvgIpc) is 2.90. The molecule has 2 bridgehead atoms. The van der Waals surface area contributed by atoms with Gasteiger partial charge in [0, 0.05) is 6.54 Å². The summed E-state index contributed by atoms with van der Waals surface area (Å²) in [5, 5.41) is 2.75. The maximum atomic E-state index is 12.2. The van der Waals surface area contributed by atoms with Crippen LogP contribution in [-0.2, 0) is 14.8 Å². The topological polar surface area (TPSA) is 67.4 Å². The molecule has 0 aromatic carbocycles. The van der Waals surface area contributed by atoms with Crippen molar-refractivity contribution in [2.75, 3.05) is 13.1 Å². The van der Waals surface area contributed by atoms with Crippen molar-refractivity contribution in [2.24, 2.45) is 0 Å². The van der Waals surface area contributed by atoms with E-state index in [-0.39, 0.29) is 18.2 Å². The van der Waals surface area contributed by atoms with Gasteiger partial charge in [-0.15, -0.1) is 0 Å². The predicted molar refractivity (Wildman–Crippen MR) is 71.0 cm³/mol. The summed E-state index contributed by atoms with van der Waals surface area (Å²) in [5.41, 5.74) is 0. The molecule has 0 amide bonds. The van der Waals surface area contributed by atoms with Crippen LogP contribution in [0.15, 0.2) is 0 Å². The molecule has 0 spiro atoms. The first-order chi connectivity index (χ1) is 8.53. The normalized spacial score (nSPS) is 32.9. The van der Waals surface area contributed by atoms with Gasteiger partial charge < -0.3 is 10.1 Å². The molecular weight excluding hydrogens is 252 g/mol. The van der Waals surface area contributed by atoms with Crippen molar-refractivity contribution in [1.29, 1.82) is 0 Å². The van der Waals surface area contributed by atoms with Crippen LogP contribution in [0.2, 0.25) is 0 Å². The lowest BCUT2D eigenvalue weighted by Crippen LogP contribution is -2.47. The van der Waals surface area contributed by atoms with Crippen molar-refractivity contribution in [3.8, 4) is 0 Å². The molecule has 2 rings (SSSR count). The van der Waals surface area contributed by atoms with E-state index < -0.39 is 15.3 Å². The molecule has 6 heteroatoms. The molecular formula is C12H24N2O3S. The fourth-order valence-corrected chi connectivity index (χ4v) is 3.92. The first-order valence-corrected chi connectivity index (χ1v) is 8.45. The lowest BCUT2D eigenvalue weighted by Gasteiger charge is -2.22. The van der Waals surface area contributed by atoms with Crippen LogP contribution in [0.5, 0.6) is 0 Å². The first kappa shape index (κ1) is 14.2. The molecule has 5 nitrogen and oxygen atoms in total. The Balaban J connectivity index is 1.83. The fraction of sp³-hybridized carbons (Fsp3) is 1.00. The number of hydrogen-bond acceptors (Lipinski definition) is 4. The van der Waals surface area contributed by atoms with Crippen LogP contribution in [0.3, 0.4) is 0 Å². The van der Waals surface area contributed by atoms with Gasteiger partial charge in [-0.05, 0) is 39.2 Å². The van der Waals surface area contributed by atoms with Gasteiger partial charge in [-0.2, -0.15) is 0 Å². The zero-order chi connectivity index (χ0) is 13.2. The van der Waals surface area contributed by atoms with Crippen LogP contribution in [-0.4, -0.2) is 45.0 Å². The minimum atomic E-state index is -3.24. The molecule has 2 saturated heterocycles. The summed E-state index contributed by atoms with van der Waals surface area (Å²) in [6.07, 6.45) is 4.28. The van der Waals surface area contributed by atoms with Crippen LogP contribution >= 0.6 is 0 Å². The van der Waals surface area contributed by atoms with E-state index in [4.69, 9.17) is 4.74 Å². The average molecular weight is 276 g/mol. The highest BCUT2D eigenvalue weighted by Crippen LogP contribution is 2.34. The van der Waals surface area contributed by atoms with Gasteiger partial charge in [0.05, 0.1) is 23.5 Å². The highest BCUT2D eigenvalue weighted by molar-refractivity contribution is 7.90. The smallest absolute Gasteiger partial charge is 0.215 e. The lowest BCUT2D eigenvalue weighted by atomic mass is 9.96. The highest BCUT2D eigenvalue weighted by atomic mass is 32.2. The summed E-state index contributed by atoms with van der Waals surface area (Å²) >= 11 is 0. The van der Waals surface area contributed by atoms with Gasteiger partial charge in [0.25, 0.3) is 0 Å². The molecule has 106 valence electrons. The van der Waals surface area contributed by atoms with Crippen molar-refractivity contribution in [2.45, 2.75) is 63.0 Å². The van der Waals surface area contributed by atoms with E-state index in [1.165, 1.54) is 0 Å². The quantitative estimate of drug-likeness (QED) is 0.669. The molecule has 2 aliphatic heterocycles. The maximum absolute atomic E-state index is 12.2. The zero-order valence-electron chi connectivity index (χ0n) is 11.2. The Kier molecular flexibility index (Phi) is 4.64. The highest BCUT2D eigenvalue weighted by Gasteiger charge is 2.42. The van der Waals surface area contributed by atoms with E-state index in [9.17, 15) is 8.42 Å². The molecule has 2 fully saturated rings. The second-order valence-electron chi connectivity index (χ2n) is 5.39. The van der Waals surface area contributed by atoms with Gasteiger partial charge >= 0.3 is 0 Å². The molecule has 18 heavy (non-hydrogen) atoms. The summed E-state index contributed by atoms with van der Waals surface area (Å²) in [6.45, 7) is 5.18. The predicted octanol–water partition coefficient (Wildman–Crippen LogP) is 0.614. The SMILES string of the molecule is CCCNCC(C)S(=O)(=O)NC1CC2CCC1O2. The first-order valence-electron chi connectivity index (χ1n) is 6.90. The molecule has 2 heterocycles. The van der Waals surface area contributed by atoms with Crippen LogP contribution in [0, 0.1) is 0 Å². The molecule has 0 radical (unpaired) electrons. The van der Waals surface area contributed by atoms with E-state index in [0.717, 1.165) is 32.2 Å². The fourth-order valence-electron chi connectivity index (χ4n) is 2.68. The van der Waals surface area contributed by atoms with Gasteiger partial charge in [-0.1, -0.05) is 6.92 Å². The van der Waals surface area contributed by atoms with Crippen molar-refractivity contribution >= 4 is 10.0 Å². The molecule has 0 aliphatic carbocycles. The van der Waals surface area contributed by atoms with E-state index in [2.05, 4.69) is 17.0 Å². The van der Waals surface area contributed by atoms with Gasteiger partial charge in [-0.25, -0.2) is 13.1 Å². The standard InChI is InChI=1S/C12H24N2O3S/c1-3-6-13-8-9(2)18(15,16)14-11-7-10-4-5-12(11)17-10/h9-14H,3-8H2,1-2H3. The number of hydrogen-bond donors (Lipinski definition) is 2. The molecule has 4 atom stereocenters. The Bertz CT molecular complexity index is 372. The van der Waals surface area contributed by atoms with Gasteiger partial charge in [0.15, 0.2) is 0 Å². The Morgan fingerprint density at radius 1 is 1.39 bits per heavy atom. The third kappa shape index (κ3) is 3.23. The Labute approximate surface area is 110 Å². The largest absolute Gasteiger partial charge is 0.373 e. The number of rotatable bonds is 7. The number of ether oxygens (including phenoxy) is 1. The van der Waals surface area contributed by atoms with Crippen molar-refractivity contribution in [3.63, 3.8) is 0 Å². The van der Waals surface area contributed by atoms with Gasteiger partial charge in [0.1, 0.15) is 0 Å². The van der Waals surface area contributed by atoms with E-state index in [1.807, 2.05) is 0 Å². The van der Waals surface area contributed by atoms with Gasteiger partial charge in [-0.3, -0.25) is 0 Å². The summed E-state index contributed by atoms with van der Waals surface area (Å²) in [4.78, 5) is 0. The Morgan fingerprint density at radius 3 is 2.72 bits per heavy atom. The van der Waals surface area contributed by atoms with E-state index in [0.29, 0.717) is 6.54 Å². The third-order valence-electron chi connectivity index (χ3n) is 3.81. The molecule has 2 aliphatic rings. The maximum Gasteiger partial charge on any atom is 0.215 e. The summed E-state index contributed by atoms with van der Waals surface area (Å²) < 4.78 is 32.8. The number of fused-ring (bicyclic) bond motifs is 2. The molecule has 0 aromatic rings. The number of nitrogens with one attached hydrogen (secondary N) is 2. The minimum absolute atomic E-state index is 0.0117. The third-order valence-corrected chi connectivity index (χ3v) is 5.67. The van der Waals surface area contributed by atoms with Crippen LogP contribution in [0.4, 0.5) is 0 Å². The number of sulfonamides is 1. The van der Waals surface area contributed by atoms with Crippen molar-refractivity contribution < 1.29 is 13.2 Å². The second-order valence-corrected chi connectivity index (χ2v) is 7.52. The Hall–Kier alpha value is -0.170. The van der Waals surface area contributed by atoms with Crippen LogP contribution in [0.25, 0.3) is 0 Å². The molecule has 0 aromatic heterocycles. The summed E-state index contributed by atoms with van der Waals surface area (Å²) in [5.74, 6) is 0. The second kappa shape index (κ2) is 5.86. The minimum Gasteiger partial charge on any atom is -0.373 e. The zero-order valence-corrected chi connectivity index (χ0v) is 12.0. The van der Waals surface area contributed by atoms with Crippen molar-refractivity contribution in [1.82, 2.24) is 10.0 Å². The molecule has 4 unspecified atom stereocenters. The van der Waals surface area contributed by atoms with Crippen LogP contribution in [0.1, 0.15) is 39.5 Å². The van der Waals surface area contributed by atoms with Gasteiger partial charge in [0.2, 0.25) is 10.0 Å². The Morgan fingerprint density at radius 2 is 2.17 bits per heavy atom. The lowest BCUT2D eigenvalue weighted by molar-refractivity contribution is 0.0995. The molecule has 2 N–H and O–H groups in total. The van der Waals surface area contributed by atoms with Crippen molar-refractivity contribution in [3.05, 3.63) is 0 Å². The molecule has 0 saturated carbocycles. The van der Waals surface area contributed by atoms with Crippen LogP contribution < -0.4 is 10.0 Å².